The van der Waals surface area contributed by atoms with Crippen LogP contribution >= 0.6 is 11.8 Å². The van der Waals surface area contributed by atoms with E-state index in [2.05, 4.69) is 25.5 Å². The van der Waals surface area contributed by atoms with Crippen molar-refractivity contribution >= 4 is 34.5 Å². The Morgan fingerprint density at radius 1 is 1.23 bits per heavy atom. The molecule has 4 rings (SSSR count). The average molecular weight is 422 g/mol. The number of benzene rings is 2. The summed E-state index contributed by atoms with van der Waals surface area (Å²) in [5, 5.41) is 9.84. The van der Waals surface area contributed by atoms with Crippen molar-refractivity contribution in [2.24, 2.45) is 0 Å². The van der Waals surface area contributed by atoms with Crippen molar-refractivity contribution in [1.29, 1.82) is 0 Å². The van der Waals surface area contributed by atoms with E-state index >= 15 is 0 Å². The molecule has 0 unspecified atom stereocenters. The van der Waals surface area contributed by atoms with Gasteiger partial charge in [0, 0.05) is 0 Å². The van der Waals surface area contributed by atoms with Crippen molar-refractivity contribution in [3.8, 4) is 5.75 Å². The van der Waals surface area contributed by atoms with Gasteiger partial charge in [-0.3, -0.25) is 19.5 Å². The minimum absolute atomic E-state index is 0.0591. The fourth-order valence-electron chi connectivity index (χ4n) is 2.91. The molecule has 0 saturated heterocycles. The standard InChI is InChI=1S/C20H18N6O3S/c1-29-14-6-4-5-13(9-14)10-26-18(28)15-7-2-3-8-16(15)23-20(26)30-11-17(27)24-19-21-12-22-25-19/h2-9,12H,10-11H2,1H3,(H2,21,22,24,25,27). The van der Waals surface area contributed by atoms with Crippen molar-refractivity contribution in [2.75, 3.05) is 18.2 Å². The lowest BCUT2D eigenvalue weighted by Crippen LogP contribution is -2.25. The number of methoxy groups -OCH3 is 1. The second-order valence-corrected chi connectivity index (χ2v) is 7.27. The molecule has 152 valence electrons. The first kappa shape index (κ1) is 19.6. The van der Waals surface area contributed by atoms with E-state index in [9.17, 15) is 9.59 Å². The third-order valence-electron chi connectivity index (χ3n) is 4.31. The Labute approximate surface area is 175 Å². The molecule has 0 saturated carbocycles. The lowest BCUT2D eigenvalue weighted by molar-refractivity contribution is -0.113. The predicted molar refractivity (Wildman–Crippen MR) is 114 cm³/mol. The second kappa shape index (κ2) is 8.78. The number of hydrogen-bond donors (Lipinski definition) is 2. The molecule has 2 aromatic carbocycles. The van der Waals surface area contributed by atoms with Crippen LogP contribution in [0.1, 0.15) is 5.56 Å². The number of thioether (sulfide) groups is 1. The molecule has 10 heteroatoms. The summed E-state index contributed by atoms with van der Waals surface area (Å²) in [6, 6.07) is 14.6. The first-order valence-electron chi connectivity index (χ1n) is 9.04. The van der Waals surface area contributed by atoms with E-state index in [1.807, 2.05) is 30.3 Å². The number of ether oxygens (including phenoxy) is 1. The number of nitrogens with zero attached hydrogens (tertiary/aromatic N) is 4. The van der Waals surface area contributed by atoms with Crippen LogP contribution in [-0.2, 0) is 11.3 Å². The monoisotopic (exact) mass is 422 g/mol. The number of fused-ring (bicyclic) bond motifs is 1. The fourth-order valence-corrected chi connectivity index (χ4v) is 3.71. The largest absolute Gasteiger partial charge is 0.497 e. The van der Waals surface area contributed by atoms with E-state index in [0.717, 1.165) is 5.56 Å². The first-order chi connectivity index (χ1) is 14.6. The van der Waals surface area contributed by atoms with Gasteiger partial charge in [-0.15, -0.1) is 0 Å². The summed E-state index contributed by atoms with van der Waals surface area (Å²) in [5.41, 5.74) is 1.31. The summed E-state index contributed by atoms with van der Waals surface area (Å²) in [5.74, 6) is 0.742. The van der Waals surface area contributed by atoms with Crippen LogP contribution in [0.5, 0.6) is 5.75 Å². The number of hydrogen-bond acceptors (Lipinski definition) is 7. The number of carbonyl (C=O) groups excluding carboxylic acids is 1. The molecule has 2 heterocycles. The molecule has 0 aliphatic rings. The van der Waals surface area contributed by atoms with Crippen LogP contribution in [-0.4, -0.2) is 43.5 Å². The summed E-state index contributed by atoms with van der Waals surface area (Å²) in [6.45, 7) is 0.305. The van der Waals surface area contributed by atoms with Crippen molar-refractivity contribution in [3.63, 3.8) is 0 Å². The van der Waals surface area contributed by atoms with E-state index in [4.69, 9.17) is 4.74 Å². The van der Waals surface area contributed by atoms with Gasteiger partial charge in [0.15, 0.2) is 5.16 Å². The average Bonchev–Trinajstić information content (AvgIpc) is 3.27. The van der Waals surface area contributed by atoms with Crippen LogP contribution in [0, 0.1) is 0 Å². The Morgan fingerprint density at radius 2 is 2.10 bits per heavy atom. The van der Waals surface area contributed by atoms with Crippen LogP contribution in [0.15, 0.2) is 64.8 Å². The highest BCUT2D eigenvalue weighted by molar-refractivity contribution is 7.99. The zero-order valence-corrected chi connectivity index (χ0v) is 16.8. The van der Waals surface area contributed by atoms with E-state index in [1.165, 1.54) is 18.1 Å². The van der Waals surface area contributed by atoms with E-state index in [0.29, 0.717) is 28.4 Å². The summed E-state index contributed by atoms with van der Waals surface area (Å²) in [7, 11) is 1.59. The SMILES string of the molecule is COc1cccc(Cn2c(SCC(=O)Nc3ncn[nH]3)nc3ccccc3c2=O)c1. The van der Waals surface area contributed by atoms with Gasteiger partial charge >= 0.3 is 0 Å². The highest BCUT2D eigenvalue weighted by Gasteiger charge is 2.14. The zero-order valence-electron chi connectivity index (χ0n) is 16.0. The van der Waals surface area contributed by atoms with Crippen LogP contribution in [0.3, 0.4) is 0 Å². The number of aromatic nitrogens is 5. The van der Waals surface area contributed by atoms with Crippen LogP contribution in [0.4, 0.5) is 5.95 Å². The Kier molecular flexibility index (Phi) is 5.75. The van der Waals surface area contributed by atoms with Gasteiger partial charge in [-0.25, -0.2) is 10.1 Å². The quantitative estimate of drug-likeness (QED) is 0.347. The van der Waals surface area contributed by atoms with Crippen molar-refractivity contribution < 1.29 is 9.53 Å². The molecule has 0 radical (unpaired) electrons. The maximum absolute atomic E-state index is 13.2. The highest BCUT2D eigenvalue weighted by atomic mass is 32.2. The summed E-state index contributed by atoms with van der Waals surface area (Å²) < 4.78 is 6.85. The number of amides is 1. The number of aromatic amines is 1. The van der Waals surface area contributed by atoms with Gasteiger partial charge in [-0.05, 0) is 29.8 Å². The van der Waals surface area contributed by atoms with Crippen LogP contribution in [0.25, 0.3) is 10.9 Å². The van der Waals surface area contributed by atoms with Crippen LogP contribution < -0.4 is 15.6 Å². The first-order valence-corrected chi connectivity index (χ1v) is 10.0. The summed E-state index contributed by atoms with van der Waals surface area (Å²) in [6.07, 6.45) is 1.31. The van der Waals surface area contributed by atoms with Gasteiger partial charge in [0.25, 0.3) is 5.56 Å². The third-order valence-corrected chi connectivity index (χ3v) is 5.28. The number of anilines is 1. The topological polar surface area (TPSA) is 115 Å². The molecule has 0 aliphatic carbocycles. The van der Waals surface area contributed by atoms with Gasteiger partial charge in [-0.2, -0.15) is 10.1 Å². The normalized spacial score (nSPS) is 10.8. The summed E-state index contributed by atoms with van der Waals surface area (Å²) >= 11 is 1.18. The number of H-pyrrole nitrogens is 1. The Morgan fingerprint density at radius 3 is 2.90 bits per heavy atom. The van der Waals surface area contributed by atoms with E-state index in [-0.39, 0.29) is 23.2 Å². The third kappa shape index (κ3) is 4.33. The molecular weight excluding hydrogens is 404 g/mol. The Hall–Kier alpha value is -3.66. The number of carbonyl (C=O) groups is 1. The van der Waals surface area contributed by atoms with Crippen LogP contribution in [0.2, 0.25) is 0 Å². The van der Waals surface area contributed by atoms with Crippen molar-refractivity contribution in [3.05, 3.63) is 70.8 Å². The predicted octanol–water partition coefficient (Wildman–Crippen LogP) is 2.30. The molecule has 2 aromatic heterocycles. The Balaban J connectivity index is 1.65. The number of nitrogens with one attached hydrogen (secondary N) is 2. The molecule has 9 nitrogen and oxygen atoms in total. The molecule has 0 aliphatic heterocycles. The van der Waals surface area contributed by atoms with Gasteiger partial charge in [0.1, 0.15) is 12.1 Å². The van der Waals surface area contributed by atoms with Crippen molar-refractivity contribution in [2.45, 2.75) is 11.7 Å². The minimum Gasteiger partial charge on any atom is -0.497 e. The zero-order chi connectivity index (χ0) is 20.9. The fraction of sp³-hybridized carbons (Fsp3) is 0.150. The molecule has 0 spiro atoms. The van der Waals surface area contributed by atoms with E-state index < -0.39 is 0 Å². The summed E-state index contributed by atoms with van der Waals surface area (Å²) in [4.78, 5) is 33.9. The molecule has 0 atom stereocenters. The molecule has 0 fully saturated rings. The maximum atomic E-state index is 13.2. The molecule has 1 amide bonds. The van der Waals surface area contributed by atoms with Gasteiger partial charge in [0.05, 0.1) is 30.3 Å². The van der Waals surface area contributed by atoms with Crippen molar-refractivity contribution in [1.82, 2.24) is 24.7 Å². The second-order valence-electron chi connectivity index (χ2n) is 6.33. The molecule has 0 bridgehead atoms. The van der Waals surface area contributed by atoms with E-state index in [1.54, 1.807) is 29.9 Å². The maximum Gasteiger partial charge on any atom is 0.262 e. The molecular formula is C20H18N6O3S. The molecule has 4 aromatic rings. The van der Waals surface area contributed by atoms with Gasteiger partial charge < -0.3 is 4.74 Å². The molecule has 2 N–H and O–H groups in total. The lowest BCUT2D eigenvalue weighted by atomic mass is 10.2. The lowest BCUT2D eigenvalue weighted by Gasteiger charge is -2.13. The number of para-hydroxylation sites is 1. The highest BCUT2D eigenvalue weighted by Crippen LogP contribution is 2.20. The van der Waals surface area contributed by atoms with Gasteiger partial charge in [-0.1, -0.05) is 36.0 Å². The smallest absolute Gasteiger partial charge is 0.262 e. The Bertz CT molecular complexity index is 1240. The number of rotatable bonds is 7. The minimum atomic E-state index is -0.285. The molecule has 30 heavy (non-hydrogen) atoms. The van der Waals surface area contributed by atoms with Gasteiger partial charge in [0.2, 0.25) is 11.9 Å².